The summed E-state index contributed by atoms with van der Waals surface area (Å²) in [4.78, 5) is 10.9. The maximum Gasteiger partial charge on any atom is 0.292 e. The number of nitrogens with one attached hydrogen (secondary N) is 1. The molecule has 2 aromatic rings. The van der Waals surface area contributed by atoms with Gasteiger partial charge in [-0.2, -0.15) is 0 Å². The summed E-state index contributed by atoms with van der Waals surface area (Å²) in [5, 5.41) is 15.5. The highest BCUT2D eigenvalue weighted by atomic mass is 35.5. The number of nitro benzene ring substituents is 1. The minimum absolute atomic E-state index is 0.0289. The first-order chi connectivity index (χ1) is 12.2. The van der Waals surface area contributed by atoms with Crippen LogP contribution in [0.2, 0.25) is 15.1 Å². The van der Waals surface area contributed by atoms with E-state index < -0.39 is 4.92 Å². The Morgan fingerprint density at radius 3 is 2.19 bits per heavy atom. The molecule has 0 bridgehead atoms. The number of nitro groups is 1. The van der Waals surface area contributed by atoms with Gasteiger partial charge in [0.2, 0.25) is 0 Å². The summed E-state index contributed by atoms with van der Waals surface area (Å²) in [6, 6.07) is 7.49. The molecule has 0 saturated carbocycles. The van der Waals surface area contributed by atoms with E-state index in [4.69, 9.17) is 39.5 Å². The second-order valence-electron chi connectivity index (χ2n) is 6.13. The van der Waals surface area contributed by atoms with Gasteiger partial charge in [0.25, 0.3) is 5.69 Å². The average Bonchev–Trinajstić information content (AvgIpc) is 2.57. The first-order valence-electron chi connectivity index (χ1n) is 8.08. The molecule has 0 radical (unpaired) electrons. The zero-order chi connectivity index (χ0) is 19.5. The van der Waals surface area contributed by atoms with Crippen molar-refractivity contribution in [3.8, 4) is 11.5 Å². The van der Waals surface area contributed by atoms with E-state index in [1.165, 1.54) is 24.3 Å². The SMILES string of the molecule is CCC(C)(CC)Nc1cc(Oc2c(Cl)cc(Cl)cc2Cl)ccc1[N+](=O)[O-]. The molecule has 0 heterocycles. The highest BCUT2D eigenvalue weighted by Gasteiger charge is 2.24. The van der Waals surface area contributed by atoms with Crippen LogP contribution in [-0.2, 0) is 0 Å². The smallest absolute Gasteiger partial charge is 0.292 e. The van der Waals surface area contributed by atoms with E-state index in [9.17, 15) is 10.1 Å². The molecule has 140 valence electrons. The average molecular weight is 418 g/mol. The van der Waals surface area contributed by atoms with Crippen molar-refractivity contribution in [2.24, 2.45) is 0 Å². The van der Waals surface area contributed by atoms with Gasteiger partial charge in [-0.25, -0.2) is 0 Å². The minimum atomic E-state index is -0.430. The number of rotatable bonds is 7. The van der Waals surface area contributed by atoms with Crippen LogP contribution in [0.5, 0.6) is 11.5 Å². The molecular weight excluding hydrogens is 399 g/mol. The first kappa shape index (κ1) is 20.6. The van der Waals surface area contributed by atoms with E-state index in [0.717, 1.165) is 12.8 Å². The molecule has 0 unspecified atom stereocenters. The van der Waals surface area contributed by atoms with Gasteiger partial charge >= 0.3 is 0 Å². The summed E-state index contributed by atoms with van der Waals surface area (Å²) in [5.41, 5.74) is 0.0672. The predicted octanol–water partition coefficient (Wildman–Crippen LogP) is 7.34. The molecule has 5 nitrogen and oxygen atoms in total. The van der Waals surface area contributed by atoms with Crippen LogP contribution in [0.15, 0.2) is 30.3 Å². The Balaban J connectivity index is 2.43. The van der Waals surface area contributed by atoms with Gasteiger partial charge < -0.3 is 10.1 Å². The van der Waals surface area contributed by atoms with E-state index in [1.54, 1.807) is 6.07 Å². The number of hydrogen-bond acceptors (Lipinski definition) is 4. The lowest BCUT2D eigenvalue weighted by Gasteiger charge is -2.29. The third-order valence-electron chi connectivity index (χ3n) is 4.34. The Morgan fingerprint density at radius 1 is 1.12 bits per heavy atom. The highest BCUT2D eigenvalue weighted by Crippen LogP contribution is 2.40. The van der Waals surface area contributed by atoms with Gasteiger partial charge in [-0.1, -0.05) is 48.7 Å². The van der Waals surface area contributed by atoms with Crippen molar-refractivity contribution in [3.05, 3.63) is 55.5 Å². The van der Waals surface area contributed by atoms with E-state index in [1.807, 2.05) is 20.8 Å². The van der Waals surface area contributed by atoms with Gasteiger partial charge in [-0.05, 0) is 38.0 Å². The monoisotopic (exact) mass is 416 g/mol. The van der Waals surface area contributed by atoms with Crippen molar-refractivity contribution in [2.75, 3.05) is 5.32 Å². The van der Waals surface area contributed by atoms with E-state index in [0.29, 0.717) is 16.5 Å². The molecule has 0 fully saturated rings. The Bertz CT molecular complexity index is 800. The Labute approximate surface area is 167 Å². The largest absolute Gasteiger partial charge is 0.454 e. The second-order valence-corrected chi connectivity index (χ2v) is 7.38. The van der Waals surface area contributed by atoms with Crippen LogP contribution < -0.4 is 10.1 Å². The maximum atomic E-state index is 11.4. The molecule has 0 saturated heterocycles. The lowest BCUT2D eigenvalue weighted by molar-refractivity contribution is -0.384. The van der Waals surface area contributed by atoms with Crippen LogP contribution in [-0.4, -0.2) is 10.5 Å². The topological polar surface area (TPSA) is 64.4 Å². The van der Waals surface area contributed by atoms with E-state index in [-0.39, 0.29) is 27.0 Å². The summed E-state index contributed by atoms with van der Waals surface area (Å²) >= 11 is 18.2. The van der Waals surface area contributed by atoms with Crippen LogP contribution in [0.1, 0.15) is 33.6 Å². The number of benzene rings is 2. The summed E-state index contributed by atoms with van der Waals surface area (Å²) in [6.07, 6.45) is 1.61. The molecule has 2 aromatic carbocycles. The Hall–Kier alpha value is -1.69. The Morgan fingerprint density at radius 2 is 1.69 bits per heavy atom. The number of hydrogen-bond donors (Lipinski definition) is 1. The molecule has 0 aliphatic heterocycles. The van der Waals surface area contributed by atoms with E-state index in [2.05, 4.69) is 5.32 Å². The fourth-order valence-corrected chi connectivity index (χ4v) is 3.23. The lowest BCUT2D eigenvalue weighted by Crippen LogP contribution is -2.33. The summed E-state index contributed by atoms with van der Waals surface area (Å²) in [5.74, 6) is 0.616. The first-order valence-corrected chi connectivity index (χ1v) is 9.21. The van der Waals surface area contributed by atoms with Gasteiger partial charge in [0.15, 0.2) is 5.75 Å². The molecule has 0 aliphatic carbocycles. The molecule has 2 rings (SSSR count). The molecule has 0 aliphatic rings. The fourth-order valence-electron chi connectivity index (χ4n) is 2.33. The normalized spacial score (nSPS) is 11.3. The third-order valence-corrected chi connectivity index (χ3v) is 5.12. The van der Waals surface area contributed by atoms with Crippen molar-refractivity contribution in [1.29, 1.82) is 0 Å². The number of halogens is 3. The third kappa shape index (κ3) is 4.72. The summed E-state index contributed by atoms with van der Waals surface area (Å²) < 4.78 is 5.77. The molecule has 8 heteroatoms. The van der Waals surface area contributed by atoms with Crippen LogP contribution in [0.4, 0.5) is 11.4 Å². The van der Waals surface area contributed by atoms with Gasteiger partial charge in [0.05, 0.1) is 15.0 Å². The quantitative estimate of drug-likeness (QED) is 0.378. The van der Waals surface area contributed by atoms with Crippen LogP contribution in [0, 0.1) is 10.1 Å². The van der Waals surface area contributed by atoms with Gasteiger partial charge in [0.1, 0.15) is 11.4 Å². The molecule has 0 aromatic heterocycles. The molecule has 0 amide bonds. The van der Waals surface area contributed by atoms with Gasteiger partial charge in [-0.15, -0.1) is 0 Å². The molecule has 0 atom stereocenters. The van der Waals surface area contributed by atoms with Gasteiger partial charge in [0, 0.05) is 22.7 Å². The zero-order valence-corrected chi connectivity index (χ0v) is 16.9. The van der Waals surface area contributed by atoms with Gasteiger partial charge in [-0.3, -0.25) is 10.1 Å². The van der Waals surface area contributed by atoms with Crippen molar-refractivity contribution < 1.29 is 9.66 Å². The van der Waals surface area contributed by atoms with Crippen molar-refractivity contribution in [2.45, 2.75) is 39.2 Å². The van der Waals surface area contributed by atoms with Crippen LogP contribution in [0.3, 0.4) is 0 Å². The van der Waals surface area contributed by atoms with Crippen LogP contribution >= 0.6 is 34.8 Å². The summed E-state index contributed by atoms with van der Waals surface area (Å²) in [7, 11) is 0. The number of ether oxygens (including phenoxy) is 1. The lowest BCUT2D eigenvalue weighted by atomic mass is 9.95. The fraction of sp³-hybridized carbons (Fsp3) is 0.333. The van der Waals surface area contributed by atoms with Crippen molar-refractivity contribution >= 4 is 46.2 Å². The predicted molar refractivity (Wildman–Crippen MR) is 107 cm³/mol. The molecule has 26 heavy (non-hydrogen) atoms. The van der Waals surface area contributed by atoms with Crippen molar-refractivity contribution in [1.82, 2.24) is 0 Å². The maximum absolute atomic E-state index is 11.4. The zero-order valence-electron chi connectivity index (χ0n) is 14.6. The molecular formula is C18H19Cl3N2O3. The standard InChI is InChI=1S/C18H19Cl3N2O3/c1-4-18(3,5-2)22-15-10-12(6-7-16(15)23(24)25)26-17-13(20)8-11(19)9-14(17)21/h6-10,22H,4-5H2,1-3H3. The number of anilines is 1. The van der Waals surface area contributed by atoms with Crippen LogP contribution in [0.25, 0.3) is 0 Å². The molecule has 0 spiro atoms. The number of nitrogens with zero attached hydrogens (tertiary/aromatic N) is 1. The second kappa shape index (κ2) is 8.33. The summed E-state index contributed by atoms with van der Waals surface area (Å²) in [6.45, 7) is 6.06. The highest BCUT2D eigenvalue weighted by molar-refractivity contribution is 6.40. The van der Waals surface area contributed by atoms with Crippen molar-refractivity contribution in [3.63, 3.8) is 0 Å². The molecule has 1 N–H and O–H groups in total. The minimum Gasteiger partial charge on any atom is -0.454 e. The van der Waals surface area contributed by atoms with E-state index >= 15 is 0 Å². The Kier molecular flexibility index (Phi) is 6.61.